The normalized spacial score (nSPS) is 14.2. The van der Waals surface area contributed by atoms with Crippen LogP contribution >= 0.6 is 11.3 Å². The molecule has 0 spiro atoms. The molecule has 1 aliphatic carbocycles. The SMILES string of the molecule is Cc1csc(CNC(=O)N(Cc2ccc(C)o2)C2CC2)n1. The standard InChI is InChI=1S/C15H19N3O2S/c1-10-9-21-14(17-10)7-16-15(19)18(12-4-5-12)8-13-6-3-11(2)20-13/h3,6,9,12H,4-5,7-8H2,1-2H3,(H,16,19). The second-order valence-electron chi connectivity index (χ2n) is 5.41. The van der Waals surface area contributed by atoms with Gasteiger partial charge in [-0.2, -0.15) is 0 Å². The number of aryl methyl sites for hydroxylation is 2. The first-order valence-electron chi connectivity index (χ1n) is 7.12. The van der Waals surface area contributed by atoms with Crippen LogP contribution in [0.1, 0.15) is 35.1 Å². The van der Waals surface area contributed by atoms with Crippen molar-refractivity contribution in [3.05, 3.63) is 39.7 Å². The van der Waals surface area contributed by atoms with Crippen LogP contribution < -0.4 is 5.32 Å². The van der Waals surface area contributed by atoms with Crippen molar-refractivity contribution in [2.45, 2.75) is 45.8 Å². The molecule has 6 heteroatoms. The first-order chi connectivity index (χ1) is 10.1. The Balaban J connectivity index is 1.59. The van der Waals surface area contributed by atoms with E-state index in [4.69, 9.17) is 4.42 Å². The van der Waals surface area contributed by atoms with Gasteiger partial charge in [0.15, 0.2) is 0 Å². The third-order valence-electron chi connectivity index (χ3n) is 3.43. The number of carbonyl (C=O) groups is 1. The van der Waals surface area contributed by atoms with Crippen molar-refractivity contribution in [1.29, 1.82) is 0 Å². The smallest absolute Gasteiger partial charge is 0.318 e. The number of nitrogens with one attached hydrogen (secondary N) is 1. The van der Waals surface area contributed by atoms with Crippen molar-refractivity contribution in [2.24, 2.45) is 0 Å². The summed E-state index contributed by atoms with van der Waals surface area (Å²) in [5.41, 5.74) is 0.995. The van der Waals surface area contributed by atoms with Crippen LogP contribution in [-0.4, -0.2) is 22.0 Å². The summed E-state index contributed by atoms with van der Waals surface area (Å²) in [4.78, 5) is 18.6. The van der Waals surface area contributed by atoms with E-state index < -0.39 is 0 Å². The molecule has 2 aromatic rings. The molecule has 2 heterocycles. The van der Waals surface area contributed by atoms with Gasteiger partial charge in [0.2, 0.25) is 0 Å². The Hall–Kier alpha value is -1.82. The van der Waals surface area contributed by atoms with Gasteiger partial charge in [-0.15, -0.1) is 11.3 Å². The van der Waals surface area contributed by atoms with E-state index in [0.717, 1.165) is 35.1 Å². The minimum atomic E-state index is -0.0422. The topological polar surface area (TPSA) is 58.4 Å². The molecule has 5 nitrogen and oxygen atoms in total. The van der Waals surface area contributed by atoms with E-state index in [1.807, 2.05) is 36.3 Å². The van der Waals surface area contributed by atoms with Gasteiger partial charge in [-0.05, 0) is 38.8 Å². The number of rotatable bonds is 5. The molecule has 112 valence electrons. The highest BCUT2D eigenvalue weighted by Crippen LogP contribution is 2.28. The molecular formula is C15H19N3O2S. The average Bonchev–Trinajstić information content (AvgIpc) is 3.09. The summed E-state index contributed by atoms with van der Waals surface area (Å²) in [5.74, 6) is 1.71. The third-order valence-corrected chi connectivity index (χ3v) is 4.39. The molecule has 1 fully saturated rings. The summed E-state index contributed by atoms with van der Waals surface area (Å²) in [6.07, 6.45) is 2.15. The number of thiazole rings is 1. The Bertz CT molecular complexity index is 630. The molecule has 3 rings (SSSR count). The fourth-order valence-corrected chi connectivity index (χ4v) is 2.94. The summed E-state index contributed by atoms with van der Waals surface area (Å²) in [7, 11) is 0. The fourth-order valence-electron chi connectivity index (χ4n) is 2.23. The van der Waals surface area contributed by atoms with Crippen molar-refractivity contribution >= 4 is 17.4 Å². The predicted octanol–water partition coefficient (Wildman–Crippen LogP) is 3.23. The van der Waals surface area contributed by atoms with Gasteiger partial charge in [-0.1, -0.05) is 0 Å². The van der Waals surface area contributed by atoms with Crippen LogP contribution in [0.2, 0.25) is 0 Å². The number of urea groups is 1. The summed E-state index contributed by atoms with van der Waals surface area (Å²) in [5, 5.41) is 5.88. The highest BCUT2D eigenvalue weighted by Gasteiger charge is 2.33. The Morgan fingerprint density at radius 2 is 2.29 bits per heavy atom. The van der Waals surface area contributed by atoms with Crippen LogP contribution in [0.4, 0.5) is 4.79 Å². The van der Waals surface area contributed by atoms with Gasteiger partial charge >= 0.3 is 6.03 Å². The van der Waals surface area contributed by atoms with E-state index in [9.17, 15) is 4.79 Å². The zero-order valence-electron chi connectivity index (χ0n) is 12.3. The molecule has 2 aromatic heterocycles. The van der Waals surface area contributed by atoms with Gasteiger partial charge in [-0.25, -0.2) is 9.78 Å². The molecular weight excluding hydrogens is 286 g/mol. The lowest BCUT2D eigenvalue weighted by Gasteiger charge is -2.21. The Kier molecular flexibility index (Phi) is 3.96. The van der Waals surface area contributed by atoms with E-state index in [1.54, 1.807) is 11.3 Å². The molecule has 0 unspecified atom stereocenters. The van der Waals surface area contributed by atoms with Gasteiger partial charge in [0, 0.05) is 17.1 Å². The molecule has 1 N–H and O–H groups in total. The maximum atomic E-state index is 12.4. The lowest BCUT2D eigenvalue weighted by molar-refractivity contribution is 0.186. The van der Waals surface area contributed by atoms with Gasteiger partial charge in [-0.3, -0.25) is 0 Å². The van der Waals surface area contributed by atoms with E-state index in [-0.39, 0.29) is 6.03 Å². The van der Waals surface area contributed by atoms with E-state index >= 15 is 0 Å². The molecule has 1 aliphatic rings. The monoisotopic (exact) mass is 305 g/mol. The van der Waals surface area contributed by atoms with Crippen molar-refractivity contribution in [1.82, 2.24) is 15.2 Å². The first kappa shape index (κ1) is 14.1. The summed E-state index contributed by atoms with van der Waals surface area (Å²) >= 11 is 1.57. The number of aromatic nitrogens is 1. The molecule has 1 saturated carbocycles. The van der Waals surface area contributed by atoms with E-state index in [1.165, 1.54) is 0 Å². The zero-order chi connectivity index (χ0) is 14.8. The van der Waals surface area contributed by atoms with Crippen molar-refractivity contribution in [2.75, 3.05) is 0 Å². The van der Waals surface area contributed by atoms with E-state index in [0.29, 0.717) is 19.1 Å². The van der Waals surface area contributed by atoms with E-state index in [2.05, 4.69) is 10.3 Å². The van der Waals surface area contributed by atoms with Crippen LogP contribution in [0.5, 0.6) is 0 Å². The highest BCUT2D eigenvalue weighted by molar-refractivity contribution is 7.09. The van der Waals surface area contributed by atoms with Crippen LogP contribution in [-0.2, 0) is 13.1 Å². The first-order valence-corrected chi connectivity index (χ1v) is 8.00. The summed E-state index contributed by atoms with van der Waals surface area (Å²) < 4.78 is 5.58. The number of carbonyl (C=O) groups excluding carboxylic acids is 1. The Labute approximate surface area is 128 Å². The lowest BCUT2D eigenvalue weighted by Crippen LogP contribution is -2.40. The predicted molar refractivity (Wildman–Crippen MR) is 81.1 cm³/mol. The summed E-state index contributed by atoms with van der Waals surface area (Å²) in [6.45, 7) is 4.88. The van der Waals surface area contributed by atoms with Crippen LogP contribution in [0.15, 0.2) is 21.9 Å². The van der Waals surface area contributed by atoms with Crippen molar-refractivity contribution in [3.63, 3.8) is 0 Å². The van der Waals surface area contributed by atoms with Crippen LogP contribution in [0, 0.1) is 13.8 Å². The Morgan fingerprint density at radius 3 is 2.86 bits per heavy atom. The summed E-state index contributed by atoms with van der Waals surface area (Å²) in [6, 6.07) is 4.16. The minimum Gasteiger partial charge on any atom is -0.464 e. The molecule has 21 heavy (non-hydrogen) atoms. The quantitative estimate of drug-likeness (QED) is 0.922. The highest BCUT2D eigenvalue weighted by atomic mass is 32.1. The fraction of sp³-hybridized carbons (Fsp3) is 0.467. The molecule has 2 amide bonds. The minimum absolute atomic E-state index is 0.0422. The van der Waals surface area contributed by atoms with Crippen LogP contribution in [0.3, 0.4) is 0 Å². The number of nitrogens with zero attached hydrogens (tertiary/aromatic N) is 2. The van der Waals surface area contributed by atoms with Gasteiger partial charge in [0.25, 0.3) is 0 Å². The molecule has 0 radical (unpaired) electrons. The maximum Gasteiger partial charge on any atom is 0.318 e. The third kappa shape index (κ3) is 3.64. The second kappa shape index (κ2) is 5.89. The second-order valence-corrected chi connectivity index (χ2v) is 6.36. The Morgan fingerprint density at radius 1 is 1.48 bits per heavy atom. The molecule has 0 atom stereocenters. The zero-order valence-corrected chi connectivity index (χ0v) is 13.1. The van der Waals surface area contributed by atoms with Gasteiger partial charge in [0.05, 0.1) is 13.1 Å². The number of furan rings is 1. The van der Waals surface area contributed by atoms with Crippen LogP contribution in [0.25, 0.3) is 0 Å². The van der Waals surface area contributed by atoms with Crippen molar-refractivity contribution < 1.29 is 9.21 Å². The average molecular weight is 305 g/mol. The molecule has 0 saturated heterocycles. The maximum absolute atomic E-state index is 12.4. The largest absolute Gasteiger partial charge is 0.464 e. The number of amides is 2. The van der Waals surface area contributed by atoms with Gasteiger partial charge in [0.1, 0.15) is 16.5 Å². The molecule has 0 bridgehead atoms. The number of hydrogen-bond donors (Lipinski definition) is 1. The van der Waals surface area contributed by atoms with Gasteiger partial charge < -0.3 is 14.6 Å². The number of hydrogen-bond acceptors (Lipinski definition) is 4. The molecule has 0 aromatic carbocycles. The lowest BCUT2D eigenvalue weighted by atomic mass is 10.4. The molecule has 0 aliphatic heterocycles. The van der Waals surface area contributed by atoms with Crippen molar-refractivity contribution in [3.8, 4) is 0 Å².